The minimum absolute atomic E-state index is 0.138. The Morgan fingerprint density at radius 3 is 2.24 bits per heavy atom. The average Bonchev–Trinajstić information content (AvgIpc) is 2.36. The molecule has 0 amide bonds. The molecule has 0 aliphatic heterocycles. The van der Waals surface area contributed by atoms with Gasteiger partial charge in [-0.2, -0.15) is 0 Å². The van der Waals surface area contributed by atoms with E-state index >= 15 is 0 Å². The molecule has 1 atom stereocenters. The second kappa shape index (κ2) is 9.60. The molecule has 0 radical (unpaired) electrons. The van der Waals surface area contributed by atoms with Gasteiger partial charge in [0.1, 0.15) is 6.29 Å². The first-order chi connectivity index (χ1) is 8.17. The topological polar surface area (TPSA) is 26.3 Å². The van der Waals surface area contributed by atoms with Crippen LogP contribution < -0.4 is 0 Å². The molecular formula is C14H28O2Si. The number of aldehydes is 1. The van der Waals surface area contributed by atoms with Crippen LogP contribution in [-0.4, -0.2) is 20.7 Å². The monoisotopic (exact) mass is 256 g/mol. The fraction of sp³-hybridized carbons (Fsp3) is 0.786. The van der Waals surface area contributed by atoms with E-state index in [1.807, 2.05) is 6.08 Å². The molecule has 0 saturated carbocycles. The van der Waals surface area contributed by atoms with E-state index in [0.717, 1.165) is 43.7 Å². The number of allylic oxidation sites excluding steroid dienone is 1. The van der Waals surface area contributed by atoms with Crippen molar-refractivity contribution in [3.63, 3.8) is 0 Å². The van der Waals surface area contributed by atoms with E-state index < -0.39 is 8.32 Å². The lowest BCUT2D eigenvalue weighted by atomic mass is 10.1. The van der Waals surface area contributed by atoms with Crippen molar-refractivity contribution in [1.82, 2.24) is 0 Å². The quantitative estimate of drug-likeness (QED) is 0.238. The highest BCUT2D eigenvalue weighted by Gasteiger charge is 2.31. The Kier molecular flexibility index (Phi) is 9.37. The minimum Gasteiger partial charge on any atom is -0.414 e. The lowest BCUT2D eigenvalue weighted by Crippen LogP contribution is -2.40. The predicted molar refractivity (Wildman–Crippen MR) is 76.8 cm³/mol. The molecule has 0 aliphatic carbocycles. The smallest absolute Gasteiger partial charge is 0.192 e. The largest absolute Gasteiger partial charge is 0.414 e. The third kappa shape index (κ3) is 6.17. The number of hydrogen-bond acceptors (Lipinski definition) is 2. The minimum atomic E-state index is -1.56. The van der Waals surface area contributed by atoms with Gasteiger partial charge in [-0.3, -0.25) is 0 Å². The third-order valence-corrected chi connectivity index (χ3v) is 8.34. The molecule has 0 spiro atoms. The lowest BCUT2D eigenvalue weighted by Gasteiger charge is -2.32. The molecule has 2 nitrogen and oxygen atoms in total. The van der Waals surface area contributed by atoms with Crippen LogP contribution in [0.5, 0.6) is 0 Å². The van der Waals surface area contributed by atoms with Gasteiger partial charge in [-0.05, 0) is 37.4 Å². The molecule has 0 fully saturated rings. The van der Waals surface area contributed by atoms with E-state index in [0.29, 0.717) is 6.42 Å². The highest BCUT2D eigenvalue weighted by Crippen LogP contribution is 2.25. The van der Waals surface area contributed by atoms with E-state index in [2.05, 4.69) is 27.4 Å². The standard InChI is InChI=1S/C14H28O2Si/c1-5-9-10-11-14(12-13-15)16-17(6-2,7-3)8-4/h5,13-14H,1,6-12H2,2-4H3/t14-/m1/s1. The fourth-order valence-electron chi connectivity index (χ4n) is 2.18. The third-order valence-electron chi connectivity index (χ3n) is 3.64. The molecule has 0 aliphatic rings. The predicted octanol–water partition coefficient (Wildman–Crippen LogP) is 4.32. The number of carbonyl (C=O) groups excluding carboxylic acids is 1. The van der Waals surface area contributed by atoms with E-state index in [-0.39, 0.29) is 6.10 Å². The maximum absolute atomic E-state index is 10.7. The summed E-state index contributed by atoms with van der Waals surface area (Å²) in [5.41, 5.74) is 0. The van der Waals surface area contributed by atoms with Gasteiger partial charge in [0.15, 0.2) is 8.32 Å². The Morgan fingerprint density at radius 1 is 1.24 bits per heavy atom. The van der Waals surface area contributed by atoms with Crippen LogP contribution in [-0.2, 0) is 9.22 Å². The van der Waals surface area contributed by atoms with Crippen molar-refractivity contribution in [2.75, 3.05) is 0 Å². The van der Waals surface area contributed by atoms with Gasteiger partial charge < -0.3 is 9.22 Å². The molecule has 0 aromatic rings. The Morgan fingerprint density at radius 2 is 1.82 bits per heavy atom. The second-order valence-corrected chi connectivity index (χ2v) is 9.33. The summed E-state index contributed by atoms with van der Waals surface area (Å²) in [6.07, 6.45) is 6.69. The van der Waals surface area contributed by atoms with Gasteiger partial charge in [0.2, 0.25) is 0 Å². The zero-order valence-corrected chi connectivity index (χ0v) is 12.7. The van der Waals surface area contributed by atoms with Gasteiger partial charge in [0, 0.05) is 6.42 Å². The lowest BCUT2D eigenvalue weighted by molar-refractivity contribution is -0.109. The number of carbonyl (C=O) groups is 1. The maximum atomic E-state index is 10.7. The van der Waals surface area contributed by atoms with Crippen LogP contribution in [0, 0.1) is 0 Å². The van der Waals surface area contributed by atoms with Gasteiger partial charge >= 0.3 is 0 Å². The van der Waals surface area contributed by atoms with E-state index in [4.69, 9.17) is 4.43 Å². The molecule has 0 N–H and O–H groups in total. The highest BCUT2D eigenvalue weighted by atomic mass is 28.4. The van der Waals surface area contributed by atoms with Crippen LogP contribution in [0.1, 0.15) is 46.5 Å². The summed E-state index contributed by atoms with van der Waals surface area (Å²) >= 11 is 0. The summed E-state index contributed by atoms with van der Waals surface area (Å²) in [4.78, 5) is 10.7. The zero-order chi connectivity index (χ0) is 13.1. The molecule has 3 heteroatoms. The van der Waals surface area contributed by atoms with Crippen molar-refractivity contribution >= 4 is 14.6 Å². The molecule has 17 heavy (non-hydrogen) atoms. The summed E-state index contributed by atoms with van der Waals surface area (Å²) in [7, 11) is -1.56. The SMILES string of the molecule is C=CCCC[C@H](CC=O)O[Si](CC)(CC)CC. The molecule has 0 saturated heterocycles. The van der Waals surface area contributed by atoms with E-state index in [1.54, 1.807) is 0 Å². The highest BCUT2D eigenvalue weighted by molar-refractivity contribution is 6.73. The van der Waals surface area contributed by atoms with Crippen molar-refractivity contribution in [2.45, 2.75) is 70.7 Å². The van der Waals surface area contributed by atoms with Crippen LogP contribution in [0.25, 0.3) is 0 Å². The van der Waals surface area contributed by atoms with Crippen LogP contribution in [0.3, 0.4) is 0 Å². The van der Waals surface area contributed by atoms with Crippen molar-refractivity contribution < 1.29 is 9.22 Å². The van der Waals surface area contributed by atoms with Gasteiger partial charge in [0.05, 0.1) is 6.10 Å². The average molecular weight is 256 g/mol. The fourth-order valence-corrected chi connectivity index (χ4v) is 5.10. The molecular weight excluding hydrogens is 228 g/mol. The second-order valence-electron chi connectivity index (χ2n) is 4.61. The van der Waals surface area contributed by atoms with Crippen LogP contribution in [0.4, 0.5) is 0 Å². The van der Waals surface area contributed by atoms with Gasteiger partial charge in [0.25, 0.3) is 0 Å². The first kappa shape index (κ1) is 16.6. The Bertz CT molecular complexity index is 204. The summed E-state index contributed by atoms with van der Waals surface area (Å²) in [6, 6.07) is 3.45. The molecule has 0 aromatic heterocycles. The Labute approximate surface area is 108 Å². The van der Waals surface area contributed by atoms with Crippen molar-refractivity contribution in [3.8, 4) is 0 Å². The Hall–Kier alpha value is -0.413. The summed E-state index contributed by atoms with van der Waals surface area (Å²) < 4.78 is 6.35. The van der Waals surface area contributed by atoms with Crippen LogP contribution in [0.2, 0.25) is 18.1 Å². The normalized spacial score (nSPS) is 13.4. The van der Waals surface area contributed by atoms with Crippen LogP contribution in [0.15, 0.2) is 12.7 Å². The zero-order valence-electron chi connectivity index (χ0n) is 11.7. The molecule has 0 unspecified atom stereocenters. The first-order valence-electron chi connectivity index (χ1n) is 6.90. The summed E-state index contributed by atoms with van der Waals surface area (Å²) in [5, 5.41) is 0. The van der Waals surface area contributed by atoms with Gasteiger partial charge in [-0.15, -0.1) is 6.58 Å². The van der Waals surface area contributed by atoms with Crippen molar-refractivity contribution in [1.29, 1.82) is 0 Å². The molecule has 100 valence electrons. The van der Waals surface area contributed by atoms with Gasteiger partial charge in [-0.25, -0.2) is 0 Å². The maximum Gasteiger partial charge on any atom is 0.192 e. The first-order valence-corrected chi connectivity index (χ1v) is 9.43. The molecule has 0 rings (SSSR count). The Balaban J connectivity index is 4.37. The molecule has 0 heterocycles. The van der Waals surface area contributed by atoms with Crippen molar-refractivity contribution in [3.05, 3.63) is 12.7 Å². The van der Waals surface area contributed by atoms with Crippen LogP contribution >= 0.6 is 0 Å². The summed E-state index contributed by atoms with van der Waals surface area (Å²) in [5.74, 6) is 0. The molecule has 0 aromatic carbocycles. The van der Waals surface area contributed by atoms with E-state index in [9.17, 15) is 4.79 Å². The molecule has 0 bridgehead atoms. The number of hydrogen-bond donors (Lipinski definition) is 0. The van der Waals surface area contributed by atoms with E-state index in [1.165, 1.54) is 0 Å². The number of unbranched alkanes of at least 4 members (excludes halogenated alkanes) is 1. The summed E-state index contributed by atoms with van der Waals surface area (Å²) in [6.45, 7) is 10.4. The number of rotatable bonds is 11. The van der Waals surface area contributed by atoms with Gasteiger partial charge in [-0.1, -0.05) is 26.8 Å². The van der Waals surface area contributed by atoms with Crippen molar-refractivity contribution in [2.24, 2.45) is 0 Å².